The Bertz CT molecular complexity index is 1100. The van der Waals surface area contributed by atoms with Crippen LogP contribution >= 0.6 is 0 Å². The van der Waals surface area contributed by atoms with Crippen molar-refractivity contribution in [2.45, 2.75) is 25.8 Å². The van der Waals surface area contributed by atoms with Gasteiger partial charge in [-0.3, -0.25) is 0 Å². The Kier molecular flexibility index (Phi) is 8.90. The fourth-order valence-electron chi connectivity index (χ4n) is 3.44. The number of allylic oxidation sites excluding steroid dienone is 6. The molecule has 1 aromatic rings. The van der Waals surface area contributed by atoms with Gasteiger partial charge in [-0.05, 0) is 35.1 Å². The Balaban J connectivity index is 2.33. The van der Waals surface area contributed by atoms with Crippen LogP contribution in [0.3, 0.4) is 0 Å². The number of halogens is 3. The van der Waals surface area contributed by atoms with E-state index in [9.17, 15) is 26.4 Å². The molecule has 34 heavy (non-hydrogen) atoms. The minimum absolute atomic E-state index is 0.0940. The standard InChI is InChI=1S/C24H27F3O6S/c1-5-7-18-16-17(10-12-21(18)33-34(29,30)24(25,26)27)20-9-6-8-19(23(20,2)3)11-13-22(28)32-15-14-31-4/h5-6,8-13,16,19H,1,7,14-15H2,2-4H3. The molecule has 0 radical (unpaired) electrons. The van der Waals surface area contributed by atoms with Crippen LogP contribution in [-0.2, 0) is 30.8 Å². The van der Waals surface area contributed by atoms with Crippen LogP contribution in [0.1, 0.15) is 25.0 Å². The number of alkyl halides is 3. The quantitative estimate of drug-likeness (QED) is 0.113. The molecule has 0 heterocycles. The monoisotopic (exact) mass is 500 g/mol. The van der Waals surface area contributed by atoms with Gasteiger partial charge >= 0.3 is 21.6 Å². The molecule has 2 rings (SSSR count). The summed E-state index contributed by atoms with van der Waals surface area (Å²) in [5, 5.41) is 0. The predicted octanol–water partition coefficient (Wildman–Crippen LogP) is 4.98. The molecule has 1 aromatic carbocycles. The fraction of sp³-hybridized carbons (Fsp3) is 0.375. The third kappa shape index (κ3) is 6.60. The lowest BCUT2D eigenvalue weighted by molar-refractivity contribution is -0.139. The van der Waals surface area contributed by atoms with Crippen molar-refractivity contribution in [3.8, 4) is 5.75 Å². The number of hydrogen-bond acceptors (Lipinski definition) is 6. The van der Waals surface area contributed by atoms with Crippen LogP contribution in [0.2, 0.25) is 0 Å². The molecule has 0 saturated carbocycles. The molecule has 0 amide bonds. The molecular formula is C24H27F3O6S. The SMILES string of the molecule is C=CCc1cc(C2=CC=CC(C=CC(=O)OCCOC)C2(C)C)ccc1OS(=O)(=O)C(F)(F)F. The van der Waals surface area contributed by atoms with Crippen molar-refractivity contribution < 1.29 is 40.0 Å². The van der Waals surface area contributed by atoms with Gasteiger partial charge in [0.1, 0.15) is 12.4 Å². The van der Waals surface area contributed by atoms with E-state index in [1.54, 1.807) is 12.1 Å². The Morgan fingerprint density at radius 2 is 1.94 bits per heavy atom. The van der Waals surface area contributed by atoms with E-state index in [1.807, 2.05) is 32.1 Å². The van der Waals surface area contributed by atoms with Crippen LogP contribution in [-0.4, -0.2) is 40.2 Å². The third-order valence-corrected chi connectivity index (χ3v) is 6.26. The van der Waals surface area contributed by atoms with Gasteiger partial charge in [-0.25, -0.2) is 4.79 Å². The zero-order chi connectivity index (χ0) is 25.6. The smallest absolute Gasteiger partial charge is 0.460 e. The molecule has 10 heteroatoms. The van der Waals surface area contributed by atoms with E-state index in [2.05, 4.69) is 10.8 Å². The Hall–Kier alpha value is -2.85. The first-order valence-electron chi connectivity index (χ1n) is 10.3. The van der Waals surface area contributed by atoms with Crippen molar-refractivity contribution in [1.82, 2.24) is 0 Å². The maximum atomic E-state index is 12.8. The first-order valence-corrected chi connectivity index (χ1v) is 11.7. The summed E-state index contributed by atoms with van der Waals surface area (Å²) in [4.78, 5) is 11.9. The minimum atomic E-state index is -5.81. The van der Waals surface area contributed by atoms with Crippen molar-refractivity contribution in [3.05, 3.63) is 72.4 Å². The molecule has 0 spiro atoms. The van der Waals surface area contributed by atoms with Crippen molar-refractivity contribution in [1.29, 1.82) is 0 Å². The second-order valence-corrected chi connectivity index (χ2v) is 9.57. The molecule has 186 valence electrons. The second kappa shape index (κ2) is 11.1. The van der Waals surface area contributed by atoms with E-state index in [0.29, 0.717) is 5.56 Å². The van der Waals surface area contributed by atoms with E-state index >= 15 is 0 Å². The number of benzene rings is 1. The largest absolute Gasteiger partial charge is 0.534 e. The van der Waals surface area contributed by atoms with E-state index in [4.69, 9.17) is 9.47 Å². The lowest BCUT2D eigenvalue weighted by Gasteiger charge is -2.36. The maximum absolute atomic E-state index is 12.8. The average molecular weight is 501 g/mol. The van der Waals surface area contributed by atoms with Gasteiger partial charge in [0.25, 0.3) is 0 Å². The average Bonchev–Trinajstić information content (AvgIpc) is 2.73. The zero-order valence-electron chi connectivity index (χ0n) is 19.1. The molecule has 1 aliphatic carbocycles. The van der Waals surface area contributed by atoms with Gasteiger partial charge in [0.05, 0.1) is 6.61 Å². The van der Waals surface area contributed by atoms with Crippen molar-refractivity contribution >= 4 is 21.7 Å². The second-order valence-electron chi connectivity index (χ2n) is 8.03. The molecule has 6 nitrogen and oxygen atoms in total. The number of methoxy groups -OCH3 is 1. The maximum Gasteiger partial charge on any atom is 0.534 e. The highest BCUT2D eigenvalue weighted by molar-refractivity contribution is 7.88. The molecule has 0 saturated heterocycles. The van der Waals surface area contributed by atoms with Crippen LogP contribution in [0, 0.1) is 11.3 Å². The highest BCUT2D eigenvalue weighted by atomic mass is 32.2. The summed E-state index contributed by atoms with van der Waals surface area (Å²) in [6, 6.07) is 4.28. The zero-order valence-corrected chi connectivity index (χ0v) is 19.9. The van der Waals surface area contributed by atoms with Crippen molar-refractivity contribution in [2.75, 3.05) is 20.3 Å². The minimum Gasteiger partial charge on any atom is -0.460 e. The first-order chi connectivity index (χ1) is 15.8. The highest BCUT2D eigenvalue weighted by Gasteiger charge is 2.48. The van der Waals surface area contributed by atoms with Gasteiger partial charge in [0, 0.05) is 24.7 Å². The third-order valence-electron chi connectivity index (χ3n) is 5.30. The van der Waals surface area contributed by atoms with Crippen LogP contribution in [0.15, 0.2) is 61.2 Å². The van der Waals surface area contributed by atoms with E-state index < -0.39 is 32.8 Å². The summed E-state index contributed by atoms with van der Waals surface area (Å²) in [5.74, 6) is -1.11. The molecule has 0 fully saturated rings. The van der Waals surface area contributed by atoms with Crippen molar-refractivity contribution in [2.24, 2.45) is 11.3 Å². The normalized spacial score (nSPS) is 17.9. The number of hydrogen-bond donors (Lipinski definition) is 0. The van der Waals surface area contributed by atoms with Crippen molar-refractivity contribution in [3.63, 3.8) is 0 Å². The highest BCUT2D eigenvalue weighted by Crippen LogP contribution is 2.45. The molecule has 0 N–H and O–H groups in total. The summed E-state index contributed by atoms with van der Waals surface area (Å²) < 4.78 is 75.5. The van der Waals surface area contributed by atoms with Gasteiger partial charge in [-0.15, -0.1) is 6.58 Å². The van der Waals surface area contributed by atoms with Crippen LogP contribution in [0.4, 0.5) is 13.2 Å². The van der Waals surface area contributed by atoms with Gasteiger partial charge in [0.15, 0.2) is 0 Å². The Morgan fingerprint density at radius 1 is 1.24 bits per heavy atom. The molecule has 1 atom stereocenters. The van der Waals surface area contributed by atoms with Gasteiger partial charge in [0.2, 0.25) is 0 Å². The summed E-state index contributed by atoms with van der Waals surface area (Å²) in [6.45, 7) is 7.92. The summed E-state index contributed by atoms with van der Waals surface area (Å²) >= 11 is 0. The van der Waals surface area contributed by atoms with Crippen LogP contribution in [0.25, 0.3) is 5.57 Å². The number of ether oxygens (including phenoxy) is 2. The van der Waals surface area contributed by atoms with Gasteiger partial charge < -0.3 is 13.7 Å². The van der Waals surface area contributed by atoms with E-state index in [0.717, 1.165) is 5.57 Å². The Labute approximate surface area is 197 Å². The molecule has 1 unspecified atom stereocenters. The fourth-order valence-corrected chi connectivity index (χ4v) is 3.94. The summed E-state index contributed by atoms with van der Waals surface area (Å²) in [7, 11) is -4.30. The van der Waals surface area contributed by atoms with Gasteiger partial charge in [-0.2, -0.15) is 21.6 Å². The topological polar surface area (TPSA) is 78.9 Å². The molecule has 0 aliphatic heterocycles. The van der Waals surface area contributed by atoms with Crippen LogP contribution < -0.4 is 4.18 Å². The molecule has 0 bridgehead atoms. The number of esters is 1. The first kappa shape index (κ1) is 27.4. The predicted molar refractivity (Wildman–Crippen MR) is 122 cm³/mol. The van der Waals surface area contributed by atoms with E-state index in [-0.39, 0.29) is 31.1 Å². The summed E-state index contributed by atoms with van der Waals surface area (Å²) in [6.07, 6.45) is 10.2. The lowest BCUT2D eigenvalue weighted by atomic mass is 9.68. The molecular weight excluding hydrogens is 473 g/mol. The Morgan fingerprint density at radius 3 is 2.56 bits per heavy atom. The number of carbonyl (C=O) groups excluding carboxylic acids is 1. The molecule has 1 aliphatic rings. The van der Waals surface area contributed by atoms with Gasteiger partial charge in [-0.1, -0.05) is 50.3 Å². The number of carbonyl (C=O) groups is 1. The summed E-state index contributed by atoms with van der Waals surface area (Å²) in [5.41, 5.74) is -4.30. The number of rotatable bonds is 10. The molecule has 0 aromatic heterocycles. The van der Waals surface area contributed by atoms with E-state index in [1.165, 1.54) is 31.4 Å². The van der Waals surface area contributed by atoms with Crippen LogP contribution in [0.5, 0.6) is 5.75 Å². The lowest BCUT2D eigenvalue weighted by Crippen LogP contribution is -2.28.